The molecule has 1 aliphatic heterocycles. The van der Waals surface area contributed by atoms with Crippen LogP contribution in [0.25, 0.3) is 0 Å². The molecular formula is C25H29NP+. The zero-order chi connectivity index (χ0) is 18.4. The molecule has 0 amide bonds. The second kappa shape index (κ2) is 8.83. The van der Waals surface area contributed by atoms with Gasteiger partial charge in [0, 0.05) is 6.54 Å². The molecule has 0 N–H and O–H groups in total. The molecule has 0 unspecified atom stereocenters. The molecule has 1 nitrogen and oxygen atoms in total. The summed E-state index contributed by atoms with van der Waals surface area (Å²) in [6, 6.07) is 33.7. The van der Waals surface area contributed by atoms with Gasteiger partial charge in [0.05, 0.1) is 6.16 Å². The van der Waals surface area contributed by atoms with E-state index in [0.29, 0.717) is 0 Å². The summed E-state index contributed by atoms with van der Waals surface area (Å²) in [5.74, 6) is 0. The van der Waals surface area contributed by atoms with Gasteiger partial charge in [-0.3, -0.25) is 0 Å². The monoisotopic (exact) mass is 374 g/mol. The lowest BCUT2D eigenvalue weighted by atomic mass is 10.3. The summed E-state index contributed by atoms with van der Waals surface area (Å²) in [5, 5.41) is 4.51. The van der Waals surface area contributed by atoms with Gasteiger partial charge in [-0.1, -0.05) is 54.6 Å². The predicted octanol–water partition coefficient (Wildman–Crippen LogP) is 4.47. The van der Waals surface area contributed by atoms with Crippen LogP contribution in [0.5, 0.6) is 0 Å². The Morgan fingerprint density at radius 3 is 1.41 bits per heavy atom. The Morgan fingerprint density at radius 1 is 0.593 bits per heavy atom. The van der Waals surface area contributed by atoms with Crippen molar-refractivity contribution in [3.63, 3.8) is 0 Å². The Labute approximate surface area is 164 Å². The standard InChI is InChI=1S/C25H29NP/c1-4-13-23(14-5-1)27(24-15-6-2-7-16-24,25-17-8-3-9-18-25)22-12-21-26-19-10-11-20-26/h1-9,13-18H,10-12,19-22H2/q+1. The molecular weight excluding hydrogens is 345 g/mol. The van der Waals surface area contributed by atoms with E-state index in [-0.39, 0.29) is 0 Å². The Kier molecular flexibility index (Phi) is 6.02. The van der Waals surface area contributed by atoms with E-state index >= 15 is 0 Å². The van der Waals surface area contributed by atoms with Crippen molar-refractivity contribution in [1.82, 2.24) is 4.90 Å². The van der Waals surface area contributed by atoms with Gasteiger partial charge in [-0.25, -0.2) is 0 Å². The Bertz CT molecular complexity index is 714. The first-order valence-electron chi connectivity index (χ1n) is 10.2. The smallest absolute Gasteiger partial charge is 0.112 e. The largest absolute Gasteiger partial charge is 0.303 e. The number of hydrogen-bond acceptors (Lipinski definition) is 1. The molecule has 0 aromatic heterocycles. The lowest BCUT2D eigenvalue weighted by Gasteiger charge is -2.28. The Balaban J connectivity index is 1.76. The minimum atomic E-state index is -1.64. The van der Waals surface area contributed by atoms with Gasteiger partial charge in [0.1, 0.15) is 23.2 Å². The zero-order valence-electron chi connectivity index (χ0n) is 16.0. The molecule has 27 heavy (non-hydrogen) atoms. The van der Waals surface area contributed by atoms with Gasteiger partial charge in [0.15, 0.2) is 0 Å². The summed E-state index contributed by atoms with van der Waals surface area (Å²) in [6.07, 6.45) is 5.24. The van der Waals surface area contributed by atoms with Gasteiger partial charge in [0.25, 0.3) is 0 Å². The van der Waals surface area contributed by atoms with E-state index in [4.69, 9.17) is 0 Å². The average molecular weight is 374 g/mol. The fourth-order valence-electron chi connectivity index (χ4n) is 4.42. The summed E-state index contributed by atoms with van der Waals surface area (Å²) in [5.41, 5.74) is 0. The van der Waals surface area contributed by atoms with Crippen molar-refractivity contribution >= 4 is 23.2 Å². The van der Waals surface area contributed by atoms with E-state index in [9.17, 15) is 0 Å². The molecule has 0 radical (unpaired) electrons. The minimum absolute atomic E-state index is 1.23. The summed E-state index contributed by atoms with van der Waals surface area (Å²) < 4.78 is 0. The average Bonchev–Trinajstić information content (AvgIpc) is 3.27. The molecule has 1 aliphatic rings. The third kappa shape index (κ3) is 4.00. The van der Waals surface area contributed by atoms with Gasteiger partial charge < -0.3 is 4.90 Å². The molecule has 0 atom stereocenters. The van der Waals surface area contributed by atoms with Crippen LogP contribution in [0.2, 0.25) is 0 Å². The van der Waals surface area contributed by atoms with Crippen LogP contribution in [0.4, 0.5) is 0 Å². The van der Waals surface area contributed by atoms with Gasteiger partial charge in [-0.2, -0.15) is 0 Å². The summed E-state index contributed by atoms with van der Waals surface area (Å²) in [4.78, 5) is 2.65. The van der Waals surface area contributed by atoms with Gasteiger partial charge >= 0.3 is 0 Å². The third-order valence-corrected chi connectivity index (χ3v) is 10.3. The molecule has 0 bridgehead atoms. The number of nitrogens with zero attached hydrogens (tertiary/aromatic N) is 1. The minimum Gasteiger partial charge on any atom is -0.303 e. The number of hydrogen-bond donors (Lipinski definition) is 0. The van der Waals surface area contributed by atoms with Crippen molar-refractivity contribution in [2.45, 2.75) is 19.3 Å². The summed E-state index contributed by atoms with van der Waals surface area (Å²) >= 11 is 0. The van der Waals surface area contributed by atoms with E-state index in [2.05, 4.69) is 95.9 Å². The van der Waals surface area contributed by atoms with Crippen molar-refractivity contribution in [2.75, 3.05) is 25.8 Å². The number of rotatable bonds is 7. The maximum absolute atomic E-state index is 2.65. The molecule has 3 aromatic carbocycles. The first kappa shape index (κ1) is 18.4. The molecule has 138 valence electrons. The van der Waals surface area contributed by atoms with Crippen LogP contribution in [-0.4, -0.2) is 30.7 Å². The van der Waals surface area contributed by atoms with Crippen molar-refractivity contribution in [2.24, 2.45) is 0 Å². The van der Waals surface area contributed by atoms with Crippen LogP contribution in [0.1, 0.15) is 19.3 Å². The predicted molar refractivity (Wildman–Crippen MR) is 120 cm³/mol. The third-order valence-electron chi connectivity index (χ3n) is 5.76. The molecule has 0 aliphatic carbocycles. The lowest BCUT2D eigenvalue weighted by molar-refractivity contribution is 0.340. The fraction of sp³-hybridized carbons (Fsp3) is 0.280. The molecule has 0 saturated carbocycles. The van der Waals surface area contributed by atoms with Gasteiger partial charge in [0.2, 0.25) is 0 Å². The number of likely N-dealkylation sites (tertiary alicyclic amines) is 1. The molecule has 1 saturated heterocycles. The topological polar surface area (TPSA) is 3.24 Å². The van der Waals surface area contributed by atoms with Crippen LogP contribution in [-0.2, 0) is 0 Å². The zero-order valence-corrected chi connectivity index (χ0v) is 16.9. The van der Waals surface area contributed by atoms with Crippen LogP contribution >= 0.6 is 7.26 Å². The van der Waals surface area contributed by atoms with Crippen LogP contribution in [0.3, 0.4) is 0 Å². The highest BCUT2D eigenvalue weighted by Crippen LogP contribution is 2.55. The lowest BCUT2D eigenvalue weighted by Crippen LogP contribution is -2.34. The molecule has 3 aromatic rings. The van der Waals surface area contributed by atoms with Crippen molar-refractivity contribution in [3.8, 4) is 0 Å². The van der Waals surface area contributed by atoms with E-state index in [1.54, 1.807) is 0 Å². The first-order chi connectivity index (χ1) is 13.4. The van der Waals surface area contributed by atoms with E-state index in [0.717, 1.165) is 0 Å². The van der Waals surface area contributed by atoms with E-state index < -0.39 is 7.26 Å². The van der Waals surface area contributed by atoms with Crippen LogP contribution in [0, 0.1) is 0 Å². The van der Waals surface area contributed by atoms with Crippen molar-refractivity contribution in [1.29, 1.82) is 0 Å². The first-order valence-corrected chi connectivity index (χ1v) is 12.1. The quantitative estimate of drug-likeness (QED) is 0.552. The van der Waals surface area contributed by atoms with Gasteiger partial charge in [-0.05, 0) is 68.8 Å². The normalized spacial score (nSPS) is 15.1. The molecule has 1 heterocycles. The second-order valence-corrected chi connectivity index (χ2v) is 11.1. The molecule has 1 fully saturated rings. The summed E-state index contributed by atoms with van der Waals surface area (Å²) in [6.45, 7) is 3.80. The fourth-order valence-corrected chi connectivity index (χ4v) is 8.75. The highest BCUT2D eigenvalue weighted by Gasteiger charge is 2.44. The molecule has 2 heteroatoms. The second-order valence-electron chi connectivity index (χ2n) is 7.44. The highest BCUT2D eigenvalue weighted by atomic mass is 31.2. The van der Waals surface area contributed by atoms with Crippen LogP contribution < -0.4 is 15.9 Å². The van der Waals surface area contributed by atoms with Gasteiger partial charge in [-0.15, -0.1) is 0 Å². The van der Waals surface area contributed by atoms with E-state index in [1.807, 2.05) is 0 Å². The maximum Gasteiger partial charge on any atom is 0.112 e. The highest BCUT2D eigenvalue weighted by molar-refractivity contribution is 7.95. The Hall–Kier alpha value is -1.95. The number of benzene rings is 3. The van der Waals surface area contributed by atoms with E-state index in [1.165, 1.54) is 61.0 Å². The van der Waals surface area contributed by atoms with Crippen molar-refractivity contribution < 1.29 is 0 Å². The SMILES string of the molecule is c1ccc([P+](CCCN2CCCC2)(c2ccccc2)c2ccccc2)cc1. The Morgan fingerprint density at radius 2 is 1.00 bits per heavy atom. The molecule has 0 spiro atoms. The maximum atomic E-state index is 2.65. The van der Waals surface area contributed by atoms with Crippen LogP contribution in [0.15, 0.2) is 91.0 Å². The summed E-state index contributed by atoms with van der Waals surface area (Å²) in [7, 11) is -1.64. The molecule has 4 rings (SSSR count). The van der Waals surface area contributed by atoms with Crippen molar-refractivity contribution in [3.05, 3.63) is 91.0 Å².